The fraction of sp³-hybridized carbons (Fsp3) is 0.167. The van der Waals surface area contributed by atoms with Crippen LogP contribution < -0.4 is 0 Å². The second-order valence-electron chi connectivity index (χ2n) is 3.25. The SMILES string of the molecule is CCOC(=O)c1ccc(Sc2cnccn2)nc1. The van der Waals surface area contributed by atoms with Gasteiger partial charge in [0, 0.05) is 18.6 Å². The molecule has 5 nitrogen and oxygen atoms in total. The van der Waals surface area contributed by atoms with Gasteiger partial charge in [-0.3, -0.25) is 4.98 Å². The summed E-state index contributed by atoms with van der Waals surface area (Å²) in [5.41, 5.74) is 0.445. The molecule has 0 bridgehead atoms. The minimum Gasteiger partial charge on any atom is -0.462 e. The summed E-state index contributed by atoms with van der Waals surface area (Å²) in [6, 6.07) is 3.44. The smallest absolute Gasteiger partial charge is 0.339 e. The Bertz CT molecular complexity index is 517. The monoisotopic (exact) mass is 261 g/mol. The standard InChI is InChI=1S/C12H11N3O2S/c1-2-17-12(16)9-3-4-10(15-7-9)18-11-8-13-5-6-14-11/h3-8H,2H2,1H3. The van der Waals surface area contributed by atoms with Crippen LogP contribution in [0.5, 0.6) is 0 Å². The molecule has 0 N–H and O–H groups in total. The van der Waals surface area contributed by atoms with Crippen LogP contribution in [0.2, 0.25) is 0 Å². The Morgan fingerprint density at radius 2 is 2.11 bits per heavy atom. The number of hydrogen-bond acceptors (Lipinski definition) is 6. The van der Waals surface area contributed by atoms with Crippen molar-refractivity contribution in [2.24, 2.45) is 0 Å². The van der Waals surface area contributed by atoms with Crippen LogP contribution in [0, 0.1) is 0 Å². The van der Waals surface area contributed by atoms with E-state index in [1.54, 1.807) is 37.6 Å². The van der Waals surface area contributed by atoms with Gasteiger partial charge >= 0.3 is 5.97 Å². The lowest BCUT2D eigenvalue weighted by molar-refractivity contribution is 0.0525. The summed E-state index contributed by atoms with van der Waals surface area (Å²) in [6.45, 7) is 2.12. The summed E-state index contributed by atoms with van der Waals surface area (Å²) >= 11 is 1.38. The zero-order chi connectivity index (χ0) is 12.8. The van der Waals surface area contributed by atoms with Crippen LogP contribution in [0.15, 0.2) is 47.0 Å². The van der Waals surface area contributed by atoms with Crippen molar-refractivity contribution in [1.82, 2.24) is 15.0 Å². The molecule has 0 aliphatic carbocycles. The minimum atomic E-state index is -0.360. The van der Waals surface area contributed by atoms with Crippen molar-refractivity contribution in [3.63, 3.8) is 0 Å². The van der Waals surface area contributed by atoms with E-state index in [-0.39, 0.29) is 5.97 Å². The Balaban J connectivity index is 2.06. The fourth-order valence-electron chi connectivity index (χ4n) is 1.22. The molecule has 0 atom stereocenters. The number of rotatable bonds is 4. The molecule has 0 amide bonds. The first-order chi connectivity index (χ1) is 8.79. The van der Waals surface area contributed by atoms with E-state index in [1.807, 2.05) is 0 Å². The van der Waals surface area contributed by atoms with Gasteiger partial charge in [0.05, 0.1) is 18.4 Å². The van der Waals surface area contributed by atoms with E-state index >= 15 is 0 Å². The molecule has 2 aromatic rings. The maximum Gasteiger partial charge on any atom is 0.339 e. The molecule has 0 radical (unpaired) electrons. The number of esters is 1. The number of pyridine rings is 1. The van der Waals surface area contributed by atoms with Gasteiger partial charge in [0.2, 0.25) is 0 Å². The zero-order valence-electron chi connectivity index (χ0n) is 9.74. The van der Waals surface area contributed by atoms with Crippen LogP contribution in [0.1, 0.15) is 17.3 Å². The number of ether oxygens (including phenoxy) is 1. The lowest BCUT2D eigenvalue weighted by Crippen LogP contribution is -2.04. The van der Waals surface area contributed by atoms with Gasteiger partial charge in [-0.05, 0) is 30.8 Å². The second-order valence-corrected chi connectivity index (χ2v) is 4.29. The van der Waals surface area contributed by atoms with Crippen LogP contribution in [-0.2, 0) is 4.74 Å². The first-order valence-corrected chi connectivity index (χ1v) is 6.18. The molecule has 2 aromatic heterocycles. The van der Waals surface area contributed by atoms with Crippen LogP contribution in [0.25, 0.3) is 0 Å². The van der Waals surface area contributed by atoms with Crippen molar-refractivity contribution in [1.29, 1.82) is 0 Å². The summed E-state index contributed by atoms with van der Waals surface area (Å²) in [5, 5.41) is 1.51. The highest BCUT2D eigenvalue weighted by atomic mass is 32.2. The lowest BCUT2D eigenvalue weighted by atomic mass is 10.3. The quantitative estimate of drug-likeness (QED) is 0.786. The molecule has 0 aliphatic rings. The van der Waals surface area contributed by atoms with E-state index in [4.69, 9.17) is 4.74 Å². The molecule has 18 heavy (non-hydrogen) atoms. The molecule has 6 heteroatoms. The summed E-state index contributed by atoms with van der Waals surface area (Å²) in [4.78, 5) is 23.7. The zero-order valence-corrected chi connectivity index (χ0v) is 10.6. The molecule has 0 unspecified atom stereocenters. The number of carbonyl (C=O) groups excluding carboxylic acids is 1. The molecule has 0 saturated heterocycles. The van der Waals surface area contributed by atoms with Gasteiger partial charge in [-0.25, -0.2) is 14.8 Å². The van der Waals surface area contributed by atoms with Gasteiger partial charge in [-0.15, -0.1) is 0 Å². The number of hydrogen-bond donors (Lipinski definition) is 0. The van der Waals surface area contributed by atoms with Crippen molar-refractivity contribution in [2.45, 2.75) is 17.0 Å². The molecular weight excluding hydrogens is 250 g/mol. The van der Waals surface area contributed by atoms with Crippen LogP contribution in [0.4, 0.5) is 0 Å². The minimum absolute atomic E-state index is 0.356. The highest BCUT2D eigenvalue weighted by molar-refractivity contribution is 7.99. The Kier molecular flexibility index (Phi) is 4.25. The summed E-state index contributed by atoms with van der Waals surface area (Å²) in [6.07, 6.45) is 6.39. The van der Waals surface area contributed by atoms with E-state index in [1.165, 1.54) is 18.0 Å². The Morgan fingerprint density at radius 1 is 1.22 bits per heavy atom. The number of aromatic nitrogens is 3. The molecule has 0 aromatic carbocycles. The van der Waals surface area contributed by atoms with E-state index in [0.29, 0.717) is 12.2 Å². The Labute approximate surface area is 109 Å². The molecule has 2 heterocycles. The first kappa shape index (κ1) is 12.5. The average molecular weight is 261 g/mol. The maximum absolute atomic E-state index is 11.4. The Morgan fingerprint density at radius 3 is 2.72 bits per heavy atom. The Hall–Kier alpha value is -1.95. The van der Waals surface area contributed by atoms with E-state index in [9.17, 15) is 4.79 Å². The van der Waals surface area contributed by atoms with E-state index in [0.717, 1.165) is 10.1 Å². The third-order valence-corrected chi connectivity index (χ3v) is 2.87. The normalized spacial score (nSPS) is 10.1. The van der Waals surface area contributed by atoms with Gasteiger partial charge < -0.3 is 4.74 Å². The van der Waals surface area contributed by atoms with Crippen LogP contribution in [-0.4, -0.2) is 27.5 Å². The average Bonchev–Trinajstić information content (AvgIpc) is 2.41. The van der Waals surface area contributed by atoms with E-state index in [2.05, 4.69) is 15.0 Å². The summed E-state index contributed by atoms with van der Waals surface area (Å²) < 4.78 is 4.88. The molecule has 0 aliphatic heterocycles. The molecule has 0 spiro atoms. The summed E-state index contributed by atoms with van der Waals surface area (Å²) in [7, 11) is 0. The van der Waals surface area contributed by atoms with Gasteiger partial charge in [0.15, 0.2) is 0 Å². The molecule has 92 valence electrons. The second kappa shape index (κ2) is 6.11. The van der Waals surface area contributed by atoms with Crippen molar-refractivity contribution in [3.05, 3.63) is 42.5 Å². The van der Waals surface area contributed by atoms with Crippen molar-refractivity contribution in [2.75, 3.05) is 6.61 Å². The third-order valence-electron chi connectivity index (χ3n) is 2.00. The highest BCUT2D eigenvalue weighted by Crippen LogP contribution is 2.22. The van der Waals surface area contributed by atoms with Gasteiger partial charge in [-0.1, -0.05) is 0 Å². The van der Waals surface area contributed by atoms with Gasteiger partial charge in [-0.2, -0.15) is 0 Å². The van der Waals surface area contributed by atoms with Crippen LogP contribution >= 0.6 is 11.8 Å². The molecular formula is C12H11N3O2S. The summed E-state index contributed by atoms with van der Waals surface area (Å²) in [5.74, 6) is -0.360. The largest absolute Gasteiger partial charge is 0.462 e. The fourth-order valence-corrected chi connectivity index (χ4v) is 1.90. The molecule has 2 rings (SSSR count). The van der Waals surface area contributed by atoms with Crippen LogP contribution in [0.3, 0.4) is 0 Å². The van der Waals surface area contributed by atoms with Gasteiger partial charge in [0.25, 0.3) is 0 Å². The van der Waals surface area contributed by atoms with E-state index < -0.39 is 0 Å². The number of nitrogens with zero attached hydrogens (tertiary/aromatic N) is 3. The number of carbonyl (C=O) groups is 1. The lowest BCUT2D eigenvalue weighted by Gasteiger charge is -2.02. The molecule has 0 saturated carbocycles. The van der Waals surface area contributed by atoms with Gasteiger partial charge in [0.1, 0.15) is 10.1 Å². The maximum atomic E-state index is 11.4. The van der Waals surface area contributed by atoms with Crippen molar-refractivity contribution < 1.29 is 9.53 Å². The highest BCUT2D eigenvalue weighted by Gasteiger charge is 2.07. The topological polar surface area (TPSA) is 65.0 Å². The predicted octanol–water partition coefficient (Wildman–Crippen LogP) is 2.20. The van der Waals surface area contributed by atoms with Crippen molar-refractivity contribution >= 4 is 17.7 Å². The predicted molar refractivity (Wildman–Crippen MR) is 66.3 cm³/mol. The van der Waals surface area contributed by atoms with Crippen molar-refractivity contribution in [3.8, 4) is 0 Å². The molecule has 0 fully saturated rings. The first-order valence-electron chi connectivity index (χ1n) is 5.36. The third kappa shape index (κ3) is 3.27.